The fraction of sp³-hybridized carbons (Fsp3) is 0.167. The van der Waals surface area contributed by atoms with Crippen molar-refractivity contribution in [2.24, 2.45) is 0 Å². The molecule has 1 aromatic heterocycles. The van der Waals surface area contributed by atoms with Gasteiger partial charge in [0.1, 0.15) is 4.90 Å². The van der Waals surface area contributed by atoms with E-state index in [9.17, 15) is 8.42 Å². The molecule has 0 aliphatic heterocycles. The van der Waals surface area contributed by atoms with Crippen LogP contribution in [0.3, 0.4) is 0 Å². The van der Waals surface area contributed by atoms with E-state index in [1.54, 1.807) is 6.07 Å². The summed E-state index contributed by atoms with van der Waals surface area (Å²) in [7, 11) is -2.20. The monoisotopic (exact) mass is 171 g/mol. The van der Waals surface area contributed by atoms with Gasteiger partial charge in [-0.2, -0.15) is 0 Å². The molecule has 0 atom stereocenters. The van der Waals surface area contributed by atoms with Crippen molar-refractivity contribution in [3.8, 4) is 0 Å². The average Bonchev–Trinajstić information content (AvgIpc) is 2.06. The molecule has 1 radical (unpaired) electrons. The largest absolute Gasteiger partial charge is 0.263 e. The summed E-state index contributed by atoms with van der Waals surface area (Å²) in [5.41, 5.74) is 0. The zero-order valence-corrected chi connectivity index (χ0v) is 6.75. The minimum atomic E-state index is -3.44. The Bertz CT molecular complexity index is 320. The van der Waals surface area contributed by atoms with E-state index in [4.69, 9.17) is 0 Å². The number of hydrogen-bond donors (Lipinski definition) is 0. The molecule has 0 saturated heterocycles. The molecule has 0 aliphatic carbocycles. The van der Waals surface area contributed by atoms with Crippen LogP contribution in [0, 0.1) is 0 Å². The van der Waals surface area contributed by atoms with E-state index in [1.165, 1.54) is 25.5 Å². The molecular weight excluding hydrogens is 164 g/mol. The van der Waals surface area contributed by atoms with Crippen LogP contribution in [0.4, 0.5) is 0 Å². The molecule has 0 aliphatic rings. The van der Waals surface area contributed by atoms with E-state index >= 15 is 0 Å². The first-order valence-electron chi connectivity index (χ1n) is 2.93. The summed E-state index contributed by atoms with van der Waals surface area (Å²) in [4.78, 5) is 3.79. The molecule has 0 aromatic carbocycles. The van der Waals surface area contributed by atoms with Crippen molar-refractivity contribution in [1.82, 2.24) is 9.71 Å². The summed E-state index contributed by atoms with van der Waals surface area (Å²) in [5.74, 6) is 0. The van der Waals surface area contributed by atoms with Gasteiger partial charge in [-0.15, -0.1) is 4.72 Å². The Morgan fingerprint density at radius 3 is 2.73 bits per heavy atom. The number of sulfonamides is 1. The fourth-order valence-electron chi connectivity index (χ4n) is 0.605. The Labute approximate surface area is 65.3 Å². The van der Waals surface area contributed by atoms with Crippen LogP contribution in [0.2, 0.25) is 0 Å². The molecule has 0 spiro atoms. The third-order valence-corrected chi connectivity index (χ3v) is 2.49. The first kappa shape index (κ1) is 8.16. The molecule has 11 heavy (non-hydrogen) atoms. The van der Waals surface area contributed by atoms with Crippen molar-refractivity contribution < 1.29 is 8.42 Å². The Hall–Kier alpha value is -0.940. The molecule has 1 heterocycles. The van der Waals surface area contributed by atoms with Crippen LogP contribution in [0.5, 0.6) is 0 Å². The molecule has 0 N–H and O–H groups in total. The van der Waals surface area contributed by atoms with Gasteiger partial charge in [-0.3, -0.25) is 4.98 Å². The number of rotatable bonds is 2. The number of aromatic nitrogens is 1. The van der Waals surface area contributed by atoms with Crippen LogP contribution in [0.25, 0.3) is 0 Å². The van der Waals surface area contributed by atoms with Crippen molar-refractivity contribution in [2.45, 2.75) is 4.90 Å². The van der Waals surface area contributed by atoms with Crippen molar-refractivity contribution in [1.29, 1.82) is 0 Å². The normalized spacial score (nSPS) is 11.4. The van der Waals surface area contributed by atoms with Gasteiger partial charge < -0.3 is 0 Å². The fourth-order valence-corrected chi connectivity index (χ4v) is 1.26. The molecule has 4 nitrogen and oxygen atoms in total. The smallest absolute Gasteiger partial charge is 0.258 e. The van der Waals surface area contributed by atoms with Gasteiger partial charge >= 0.3 is 0 Å². The van der Waals surface area contributed by atoms with Crippen LogP contribution in [-0.4, -0.2) is 20.4 Å². The summed E-state index contributed by atoms with van der Waals surface area (Å²) in [6, 6.07) is 3.01. The first-order valence-corrected chi connectivity index (χ1v) is 4.37. The molecule has 0 fully saturated rings. The number of pyridine rings is 1. The van der Waals surface area contributed by atoms with Crippen LogP contribution < -0.4 is 4.72 Å². The van der Waals surface area contributed by atoms with Gasteiger partial charge in [0.2, 0.25) is 0 Å². The van der Waals surface area contributed by atoms with Crippen LogP contribution in [0.1, 0.15) is 0 Å². The molecule has 1 aromatic rings. The second kappa shape index (κ2) is 2.98. The van der Waals surface area contributed by atoms with E-state index in [-0.39, 0.29) is 4.90 Å². The summed E-state index contributed by atoms with van der Waals surface area (Å²) in [6.45, 7) is 0. The van der Waals surface area contributed by atoms with Crippen molar-refractivity contribution in [3.05, 3.63) is 24.5 Å². The Kier molecular flexibility index (Phi) is 2.21. The molecule has 0 bridgehead atoms. The highest BCUT2D eigenvalue weighted by Gasteiger charge is 2.10. The highest BCUT2D eigenvalue weighted by Crippen LogP contribution is 2.04. The molecule has 0 unspecified atom stereocenters. The quantitative estimate of drug-likeness (QED) is 0.629. The first-order chi connectivity index (χ1) is 5.17. The lowest BCUT2D eigenvalue weighted by molar-refractivity contribution is 0.587. The third-order valence-electron chi connectivity index (χ3n) is 1.17. The predicted octanol–water partition coefficient (Wildman–Crippen LogP) is 0.00450. The molecule has 0 amide bonds. The van der Waals surface area contributed by atoms with Gasteiger partial charge in [-0.25, -0.2) is 8.42 Å². The Morgan fingerprint density at radius 2 is 2.27 bits per heavy atom. The van der Waals surface area contributed by atoms with E-state index in [2.05, 4.69) is 9.71 Å². The lowest BCUT2D eigenvalue weighted by atomic mass is 10.5. The SMILES string of the molecule is C[N]S(=O)(=O)c1cccnc1. The molecular formula is C6H7N2O2S. The van der Waals surface area contributed by atoms with Gasteiger partial charge in [-0.05, 0) is 12.1 Å². The van der Waals surface area contributed by atoms with E-state index in [1.807, 2.05) is 0 Å². The number of hydrogen-bond acceptors (Lipinski definition) is 3. The highest BCUT2D eigenvalue weighted by atomic mass is 32.2. The van der Waals surface area contributed by atoms with E-state index in [0.29, 0.717) is 0 Å². The topological polar surface area (TPSA) is 61.1 Å². The van der Waals surface area contributed by atoms with E-state index in [0.717, 1.165) is 0 Å². The third kappa shape index (κ3) is 1.75. The van der Waals surface area contributed by atoms with Crippen molar-refractivity contribution in [3.63, 3.8) is 0 Å². The predicted molar refractivity (Wildman–Crippen MR) is 39.5 cm³/mol. The summed E-state index contributed by atoms with van der Waals surface area (Å²) < 4.78 is 25.2. The van der Waals surface area contributed by atoms with Gasteiger partial charge in [0.15, 0.2) is 0 Å². The lowest BCUT2D eigenvalue weighted by Crippen LogP contribution is -2.11. The lowest BCUT2D eigenvalue weighted by Gasteiger charge is -1.96. The van der Waals surface area contributed by atoms with Crippen LogP contribution in [0.15, 0.2) is 29.4 Å². The van der Waals surface area contributed by atoms with Gasteiger partial charge in [-0.1, -0.05) is 0 Å². The minimum absolute atomic E-state index is 0.127. The summed E-state index contributed by atoms with van der Waals surface area (Å²) in [6.07, 6.45) is 2.77. The maximum absolute atomic E-state index is 11.0. The molecule has 59 valence electrons. The highest BCUT2D eigenvalue weighted by molar-refractivity contribution is 7.89. The molecule has 0 saturated carbocycles. The minimum Gasteiger partial charge on any atom is -0.263 e. The van der Waals surface area contributed by atoms with Crippen molar-refractivity contribution >= 4 is 10.0 Å². The number of nitrogens with zero attached hydrogens (tertiary/aromatic N) is 2. The second-order valence-electron chi connectivity index (χ2n) is 1.85. The second-order valence-corrected chi connectivity index (χ2v) is 3.63. The van der Waals surface area contributed by atoms with Crippen LogP contribution in [-0.2, 0) is 10.0 Å². The molecule has 5 heteroatoms. The summed E-state index contributed by atoms with van der Waals surface area (Å²) in [5, 5.41) is 0. The van der Waals surface area contributed by atoms with Gasteiger partial charge in [0.05, 0.1) is 0 Å². The average molecular weight is 171 g/mol. The van der Waals surface area contributed by atoms with Gasteiger partial charge in [0.25, 0.3) is 10.0 Å². The molecule has 1 rings (SSSR count). The zero-order valence-electron chi connectivity index (χ0n) is 5.93. The standard InChI is InChI=1S/C6H7N2O2S/c1-7-11(9,10)6-3-2-4-8-5-6/h2-5H,1H3. The van der Waals surface area contributed by atoms with E-state index < -0.39 is 10.0 Å². The Balaban J connectivity index is 3.14. The Morgan fingerprint density at radius 1 is 1.55 bits per heavy atom. The maximum Gasteiger partial charge on any atom is 0.258 e. The zero-order chi connectivity index (χ0) is 8.32. The summed E-state index contributed by atoms with van der Waals surface area (Å²) >= 11 is 0. The van der Waals surface area contributed by atoms with Gasteiger partial charge in [0, 0.05) is 19.4 Å². The maximum atomic E-state index is 11.0. The van der Waals surface area contributed by atoms with Crippen molar-refractivity contribution in [2.75, 3.05) is 7.05 Å². The van der Waals surface area contributed by atoms with Crippen LogP contribution >= 0.6 is 0 Å².